The number of aliphatic hydroxyl groups is 1. The van der Waals surface area contributed by atoms with Gasteiger partial charge in [0.1, 0.15) is 5.69 Å². The van der Waals surface area contributed by atoms with Crippen molar-refractivity contribution in [1.29, 1.82) is 0 Å². The second kappa shape index (κ2) is 10.4. The number of carbonyl (C=O) groups is 2. The molecule has 198 valence electrons. The molecule has 1 aliphatic rings. The van der Waals surface area contributed by atoms with E-state index in [2.05, 4.69) is 5.32 Å². The number of hydrogen-bond donors (Lipinski definition) is 2. The van der Waals surface area contributed by atoms with Gasteiger partial charge < -0.3 is 24.5 Å². The van der Waals surface area contributed by atoms with E-state index in [1.54, 1.807) is 17.7 Å². The van der Waals surface area contributed by atoms with Gasteiger partial charge in [-0.25, -0.2) is 8.42 Å². The van der Waals surface area contributed by atoms with E-state index >= 15 is 0 Å². The second-order valence-electron chi connectivity index (χ2n) is 9.15. The third-order valence-corrected chi connectivity index (χ3v) is 9.75. The lowest BCUT2D eigenvalue weighted by Gasteiger charge is -2.33. The van der Waals surface area contributed by atoms with Gasteiger partial charge in [-0.2, -0.15) is 0 Å². The average Bonchev–Trinajstić information content (AvgIpc) is 3.23. The van der Waals surface area contributed by atoms with Crippen LogP contribution in [-0.4, -0.2) is 61.6 Å². The van der Waals surface area contributed by atoms with E-state index in [4.69, 9.17) is 21.1 Å². The summed E-state index contributed by atoms with van der Waals surface area (Å²) >= 11 is 6.36. The molecule has 1 aromatic heterocycles. The van der Waals surface area contributed by atoms with Crippen LogP contribution in [0.1, 0.15) is 40.5 Å². The van der Waals surface area contributed by atoms with Crippen molar-refractivity contribution in [1.82, 2.24) is 9.88 Å². The molecular weight excluding hydrogens is 520 g/mol. The van der Waals surface area contributed by atoms with Crippen LogP contribution in [0.4, 0.5) is 0 Å². The highest BCUT2D eigenvalue weighted by Gasteiger charge is 2.53. The summed E-state index contributed by atoms with van der Waals surface area (Å²) in [6, 6.07) is 10.4. The number of methoxy groups -OCH3 is 1. The molecule has 4 rings (SSSR count). The van der Waals surface area contributed by atoms with Gasteiger partial charge in [0.25, 0.3) is 5.91 Å². The highest BCUT2D eigenvalue weighted by Crippen LogP contribution is 2.36. The van der Waals surface area contributed by atoms with Gasteiger partial charge in [0.2, 0.25) is 0 Å². The number of sulfone groups is 1. The fraction of sp³-hybridized carbons (Fsp3) is 0.385. The molecule has 0 aliphatic carbocycles. The van der Waals surface area contributed by atoms with Crippen LogP contribution in [0.25, 0.3) is 10.9 Å². The fourth-order valence-corrected chi connectivity index (χ4v) is 7.05. The predicted molar refractivity (Wildman–Crippen MR) is 138 cm³/mol. The maximum Gasteiger partial charge on any atom is 0.327 e. The number of aryl methyl sites for hydroxylation is 2. The smallest absolute Gasteiger partial charge is 0.327 e. The number of amides is 1. The average molecular weight is 549 g/mol. The maximum absolute atomic E-state index is 13.5. The first-order chi connectivity index (χ1) is 17.6. The Morgan fingerprint density at radius 1 is 1.19 bits per heavy atom. The van der Waals surface area contributed by atoms with Crippen molar-refractivity contribution < 1.29 is 32.6 Å². The van der Waals surface area contributed by atoms with Crippen molar-refractivity contribution in [3.63, 3.8) is 0 Å². The Morgan fingerprint density at radius 2 is 1.84 bits per heavy atom. The lowest BCUT2D eigenvalue weighted by atomic mass is 9.99. The number of aromatic nitrogens is 1. The molecule has 1 fully saturated rings. The van der Waals surface area contributed by atoms with Crippen molar-refractivity contribution in [3.8, 4) is 0 Å². The third kappa shape index (κ3) is 4.74. The fourth-order valence-electron chi connectivity index (χ4n) is 4.78. The zero-order valence-corrected chi connectivity index (χ0v) is 22.4. The topological polar surface area (TPSA) is 124 Å². The van der Waals surface area contributed by atoms with Gasteiger partial charge in [0.15, 0.2) is 14.6 Å². The van der Waals surface area contributed by atoms with Gasteiger partial charge in [-0.1, -0.05) is 23.7 Å². The molecule has 2 aromatic carbocycles. The molecule has 0 bridgehead atoms. The van der Waals surface area contributed by atoms with E-state index in [-0.39, 0.29) is 31.0 Å². The van der Waals surface area contributed by atoms with Crippen molar-refractivity contribution in [2.45, 2.75) is 35.4 Å². The Balaban J connectivity index is 1.60. The van der Waals surface area contributed by atoms with Crippen LogP contribution in [0, 0.1) is 6.92 Å². The molecule has 2 N–H and O–H groups in total. The number of rotatable bonds is 7. The van der Waals surface area contributed by atoms with Gasteiger partial charge in [-0.05, 0) is 48.4 Å². The molecule has 1 unspecified atom stereocenters. The third-order valence-electron chi connectivity index (χ3n) is 6.94. The Hall–Kier alpha value is -2.92. The number of hydrogen-bond acceptors (Lipinski definition) is 7. The number of fused-ring (bicyclic) bond motifs is 1. The molecule has 1 atom stereocenters. The highest BCUT2D eigenvalue weighted by atomic mass is 35.5. The molecule has 1 saturated heterocycles. The Labute approximate surface area is 220 Å². The number of esters is 1. The van der Waals surface area contributed by atoms with E-state index in [1.165, 1.54) is 24.3 Å². The van der Waals surface area contributed by atoms with Crippen LogP contribution in [-0.2, 0) is 31.2 Å². The Kier molecular flexibility index (Phi) is 7.66. The lowest BCUT2D eigenvalue weighted by molar-refractivity contribution is -0.146. The van der Waals surface area contributed by atoms with Crippen molar-refractivity contribution >= 4 is 44.2 Å². The number of nitrogens with zero attached hydrogens (tertiary/aromatic N) is 1. The van der Waals surface area contributed by atoms with Crippen LogP contribution in [0.15, 0.2) is 47.4 Å². The minimum Gasteiger partial charge on any atom is -0.468 e. The molecule has 0 saturated carbocycles. The summed E-state index contributed by atoms with van der Waals surface area (Å²) < 4.78 is 37.2. The first-order valence-corrected chi connectivity index (χ1v) is 13.6. The zero-order valence-electron chi connectivity index (χ0n) is 20.8. The Bertz CT molecular complexity index is 1440. The highest BCUT2D eigenvalue weighted by molar-refractivity contribution is 7.93. The number of nitrogens with one attached hydrogen (secondary N) is 1. The van der Waals surface area contributed by atoms with E-state index < -0.39 is 39.1 Å². The van der Waals surface area contributed by atoms with Gasteiger partial charge >= 0.3 is 5.97 Å². The summed E-state index contributed by atoms with van der Waals surface area (Å²) in [6.45, 7) is 1.76. The molecule has 9 nitrogen and oxygen atoms in total. The van der Waals surface area contributed by atoms with Gasteiger partial charge in [-0.15, -0.1) is 0 Å². The van der Waals surface area contributed by atoms with Crippen LogP contribution >= 0.6 is 11.6 Å². The number of carbonyl (C=O) groups excluding carboxylic acids is 2. The van der Waals surface area contributed by atoms with Gasteiger partial charge in [0.05, 0.1) is 35.2 Å². The molecular formula is C26H29ClN2O7S. The molecule has 0 spiro atoms. The summed E-state index contributed by atoms with van der Waals surface area (Å²) in [4.78, 5) is 25.6. The molecule has 3 aromatic rings. The van der Waals surface area contributed by atoms with E-state index in [0.29, 0.717) is 16.3 Å². The summed E-state index contributed by atoms with van der Waals surface area (Å²) in [6.07, 6.45) is -0.0126. The van der Waals surface area contributed by atoms with E-state index in [0.717, 1.165) is 23.6 Å². The number of ether oxygens (including phenoxy) is 2. The Morgan fingerprint density at radius 3 is 2.43 bits per heavy atom. The molecule has 11 heteroatoms. The molecule has 2 heterocycles. The van der Waals surface area contributed by atoms with Gasteiger partial charge in [0, 0.05) is 38.5 Å². The van der Waals surface area contributed by atoms with Crippen molar-refractivity contribution in [2.24, 2.45) is 7.05 Å². The summed E-state index contributed by atoms with van der Waals surface area (Å²) in [5.74, 6) is -1.24. The van der Waals surface area contributed by atoms with Crippen molar-refractivity contribution in [2.75, 3.05) is 26.9 Å². The standard InChI is InChI=1S/C26H29ClN2O7S/c1-16-12-20(27)19-14-23(29(2)22(19)13-16)24(31)28-21(15-30)17-4-6-18(7-5-17)37(33,34)26(25(32)35-3)8-10-36-11-9-26/h4-7,12-14,21,30H,8-11,15H2,1-3H3,(H,28,31). The molecule has 0 radical (unpaired) electrons. The minimum atomic E-state index is -4.10. The quantitative estimate of drug-likeness (QED) is 0.435. The predicted octanol–water partition coefficient (Wildman–Crippen LogP) is 3.10. The summed E-state index contributed by atoms with van der Waals surface area (Å²) in [5.41, 5.74) is 2.63. The first kappa shape index (κ1) is 27.1. The van der Waals surface area contributed by atoms with Crippen LogP contribution in [0.3, 0.4) is 0 Å². The monoisotopic (exact) mass is 548 g/mol. The molecule has 1 amide bonds. The lowest BCUT2D eigenvalue weighted by Crippen LogP contribution is -2.51. The van der Waals surface area contributed by atoms with E-state index in [1.807, 2.05) is 19.1 Å². The zero-order chi connectivity index (χ0) is 27.0. The summed E-state index contributed by atoms with van der Waals surface area (Å²) in [5, 5.41) is 14.1. The van der Waals surface area contributed by atoms with E-state index in [9.17, 15) is 23.1 Å². The summed E-state index contributed by atoms with van der Waals surface area (Å²) in [7, 11) is -1.18. The first-order valence-electron chi connectivity index (χ1n) is 11.7. The maximum atomic E-state index is 13.5. The van der Waals surface area contributed by atoms with Crippen LogP contribution < -0.4 is 5.32 Å². The number of aliphatic hydroxyl groups excluding tert-OH is 1. The SMILES string of the molecule is COC(=O)C1(S(=O)(=O)c2ccc(C(CO)NC(=O)c3cc4c(Cl)cc(C)cc4n3C)cc2)CCOCC1. The molecule has 37 heavy (non-hydrogen) atoms. The number of benzene rings is 2. The minimum absolute atomic E-state index is 0.00631. The van der Waals surface area contributed by atoms with Crippen LogP contribution in [0.2, 0.25) is 5.02 Å². The number of halogens is 1. The molecule has 1 aliphatic heterocycles. The largest absolute Gasteiger partial charge is 0.468 e. The normalized spacial score (nSPS) is 16.4. The van der Waals surface area contributed by atoms with Crippen molar-refractivity contribution in [3.05, 3.63) is 64.3 Å². The second-order valence-corrected chi connectivity index (χ2v) is 11.8. The van der Waals surface area contributed by atoms with Crippen LogP contribution in [0.5, 0.6) is 0 Å². The van der Waals surface area contributed by atoms with Gasteiger partial charge in [-0.3, -0.25) is 9.59 Å².